The maximum atomic E-state index is 14.4. The first kappa shape index (κ1) is 29.2. The van der Waals surface area contributed by atoms with Crippen LogP contribution in [0.5, 0.6) is 5.75 Å². The molecule has 0 radical (unpaired) electrons. The highest BCUT2D eigenvalue weighted by atomic mass is 35.5. The third-order valence-corrected chi connectivity index (χ3v) is 8.61. The molecule has 43 heavy (non-hydrogen) atoms. The summed E-state index contributed by atoms with van der Waals surface area (Å²) in [4.78, 5) is 24.1. The number of likely N-dealkylation sites (tertiary alicyclic amines) is 1. The van der Waals surface area contributed by atoms with Gasteiger partial charge in [0.25, 0.3) is 0 Å². The number of hydrogen-bond acceptors (Lipinski definition) is 8. The molecule has 0 saturated carbocycles. The lowest BCUT2D eigenvalue weighted by Crippen LogP contribution is -2.50. The van der Waals surface area contributed by atoms with Crippen LogP contribution < -0.4 is 10.1 Å². The standard InChI is InChI=1S/C32H35ClFN7O2/c1-39-11-7-22(8-12-39)9-13-40-14-16-41(17-15-40)32(42)43-25-3-4-26-29(6-10-35-30(26)20-25)37-24-19-31(38-36-21-24)27-18-23(33)2-5-28(27)34/h2-6,10,18-22H,7-9,11-17H2,1H3,(H,35,37,38). The van der Waals surface area contributed by atoms with Crippen LogP contribution in [0.1, 0.15) is 19.3 Å². The Morgan fingerprint density at radius 2 is 1.86 bits per heavy atom. The minimum atomic E-state index is -0.433. The van der Waals surface area contributed by atoms with Crippen molar-refractivity contribution in [3.05, 3.63) is 71.8 Å². The van der Waals surface area contributed by atoms with Crippen LogP contribution in [0, 0.1) is 11.7 Å². The van der Waals surface area contributed by atoms with E-state index in [1.807, 2.05) is 12.1 Å². The van der Waals surface area contributed by atoms with E-state index in [9.17, 15) is 9.18 Å². The maximum absolute atomic E-state index is 14.4. The van der Waals surface area contributed by atoms with Gasteiger partial charge in [0, 0.05) is 60.1 Å². The van der Waals surface area contributed by atoms with Crippen LogP contribution >= 0.6 is 11.6 Å². The summed E-state index contributed by atoms with van der Waals surface area (Å²) >= 11 is 6.06. The van der Waals surface area contributed by atoms with Gasteiger partial charge >= 0.3 is 6.09 Å². The largest absolute Gasteiger partial charge is 0.415 e. The average Bonchev–Trinajstić information content (AvgIpc) is 3.02. The Bertz CT molecular complexity index is 1590. The second kappa shape index (κ2) is 13.2. The van der Waals surface area contributed by atoms with Gasteiger partial charge < -0.3 is 19.9 Å². The highest BCUT2D eigenvalue weighted by Gasteiger charge is 2.24. The number of hydrogen-bond donors (Lipinski definition) is 1. The number of halogens is 2. The zero-order chi connectivity index (χ0) is 29.8. The van der Waals surface area contributed by atoms with Crippen molar-refractivity contribution in [1.29, 1.82) is 0 Å². The summed E-state index contributed by atoms with van der Waals surface area (Å²) in [7, 11) is 2.20. The number of pyridine rings is 1. The fraction of sp³-hybridized carbons (Fsp3) is 0.375. The molecule has 1 amide bonds. The number of piperidine rings is 1. The molecule has 0 spiro atoms. The Morgan fingerprint density at radius 1 is 1.05 bits per heavy atom. The van der Waals surface area contributed by atoms with Gasteiger partial charge in [-0.25, -0.2) is 9.18 Å². The molecule has 0 atom stereocenters. The van der Waals surface area contributed by atoms with Crippen LogP contribution in [0.15, 0.2) is 60.9 Å². The lowest BCUT2D eigenvalue weighted by molar-refractivity contribution is 0.104. The number of benzene rings is 2. The van der Waals surface area contributed by atoms with E-state index in [1.54, 1.807) is 35.5 Å². The van der Waals surface area contributed by atoms with Crippen molar-refractivity contribution < 1.29 is 13.9 Å². The molecule has 2 aromatic heterocycles. The summed E-state index contributed by atoms with van der Waals surface area (Å²) in [6.45, 7) is 6.54. The minimum Gasteiger partial charge on any atom is -0.410 e. The average molecular weight is 604 g/mol. The van der Waals surface area contributed by atoms with Gasteiger partial charge in [0.1, 0.15) is 11.6 Å². The van der Waals surface area contributed by atoms with E-state index in [1.165, 1.54) is 50.6 Å². The summed E-state index contributed by atoms with van der Waals surface area (Å²) in [5.74, 6) is 0.821. The van der Waals surface area contributed by atoms with Crippen molar-refractivity contribution in [3.8, 4) is 17.0 Å². The van der Waals surface area contributed by atoms with E-state index in [0.717, 1.165) is 36.6 Å². The van der Waals surface area contributed by atoms with E-state index in [-0.39, 0.29) is 11.7 Å². The molecule has 2 saturated heterocycles. The van der Waals surface area contributed by atoms with Crippen LogP contribution in [0.4, 0.5) is 20.6 Å². The number of piperazine rings is 1. The molecule has 6 rings (SSSR count). The molecular formula is C32H35ClFN7O2. The quantitative estimate of drug-likeness (QED) is 0.272. The number of carbonyl (C=O) groups is 1. The van der Waals surface area contributed by atoms with Crippen LogP contribution in [0.2, 0.25) is 5.02 Å². The predicted molar refractivity (Wildman–Crippen MR) is 166 cm³/mol. The molecule has 0 aliphatic carbocycles. The van der Waals surface area contributed by atoms with Crippen LogP contribution in [-0.4, -0.2) is 88.8 Å². The summed E-state index contributed by atoms with van der Waals surface area (Å²) < 4.78 is 20.1. The van der Waals surface area contributed by atoms with E-state index in [2.05, 4.69) is 37.3 Å². The van der Waals surface area contributed by atoms with Crippen molar-refractivity contribution >= 4 is 40.0 Å². The molecule has 4 heterocycles. The molecule has 2 aliphatic heterocycles. The fourth-order valence-corrected chi connectivity index (χ4v) is 5.92. The van der Waals surface area contributed by atoms with E-state index in [4.69, 9.17) is 16.3 Å². The number of aromatic nitrogens is 3. The van der Waals surface area contributed by atoms with Crippen molar-refractivity contribution in [2.45, 2.75) is 19.3 Å². The second-order valence-corrected chi connectivity index (χ2v) is 11.8. The molecule has 2 aliphatic rings. The SMILES string of the molecule is CN1CCC(CCN2CCN(C(=O)Oc3ccc4c(Nc5cnnc(-c6cc(Cl)ccc6F)c5)ccnc4c3)CC2)CC1. The zero-order valence-electron chi connectivity index (χ0n) is 24.2. The molecule has 1 N–H and O–H groups in total. The van der Waals surface area contributed by atoms with Gasteiger partial charge in [0.05, 0.1) is 23.1 Å². The first-order valence-corrected chi connectivity index (χ1v) is 15.1. The Labute approximate surface area is 255 Å². The van der Waals surface area contributed by atoms with Gasteiger partial charge in [-0.2, -0.15) is 10.2 Å². The number of fused-ring (bicyclic) bond motifs is 1. The van der Waals surface area contributed by atoms with E-state index >= 15 is 0 Å². The van der Waals surface area contributed by atoms with E-state index in [0.29, 0.717) is 40.8 Å². The Kier molecular flexibility index (Phi) is 8.97. The monoisotopic (exact) mass is 603 g/mol. The Balaban J connectivity index is 1.06. The summed E-state index contributed by atoms with van der Waals surface area (Å²) in [6.07, 6.45) is 6.70. The smallest absolute Gasteiger partial charge is 0.410 e. The first-order valence-electron chi connectivity index (χ1n) is 14.7. The van der Waals surface area contributed by atoms with Crippen LogP contribution in [-0.2, 0) is 0 Å². The van der Waals surface area contributed by atoms with Crippen molar-refractivity contribution in [2.24, 2.45) is 5.92 Å². The normalized spacial score (nSPS) is 16.9. The molecule has 224 valence electrons. The fourth-order valence-electron chi connectivity index (χ4n) is 5.75. The predicted octanol–water partition coefficient (Wildman–Crippen LogP) is 6.08. The minimum absolute atomic E-state index is 0.267. The van der Waals surface area contributed by atoms with Crippen molar-refractivity contribution in [1.82, 2.24) is 29.9 Å². The topological polar surface area (TPSA) is 86.7 Å². The van der Waals surface area contributed by atoms with Crippen LogP contribution in [0.3, 0.4) is 0 Å². The molecule has 9 nitrogen and oxygen atoms in total. The molecule has 2 aromatic carbocycles. The third kappa shape index (κ3) is 7.21. The molecule has 2 fully saturated rings. The number of carbonyl (C=O) groups excluding carboxylic acids is 1. The van der Waals surface area contributed by atoms with Gasteiger partial charge in [0.15, 0.2) is 0 Å². The van der Waals surface area contributed by atoms with Gasteiger partial charge in [-0.05, 0) is 94.3 Å². The number of anilines is 2. The number of amides is 1. The lowest BCUT2D eigenvalue weighted by Gasteiger charge is -2.35. The van der Waals surface area contributed by atoms with Crippen LogP contribution in [0.25, 0.3) is 22.2 Å². The third-order valence-electron chi connectivity index (χ3n) is 8.38. The zero-order valence-corrected chi connectivity index (χ0v) is 24.9. The molecular weight excluding hydrogens is 569 g/mol. The van der Waals surface area contributed by atoms with E-state index < -0.39 is 5.82 Å². The second-order valence-electron chi connectivity index (χ2n) is 11.3. The summed E-state index contributed by atoms with van der Waals surface area (Å²) in [6, 6.07) is 13.2. The van der Waals surface area contributed by atoms with Gasteiger partial charge in [-0.1, -0.05) is 11.6 Å². The molecule has 0 bridgehead atoms. The number of ether oxygens (including phenoxy) is 1. The molecule has 0 unspecified atom stereocenters. The molecule has 4 aromatic rings. The van der Waals surface area contributed by atoms with Gasteiger partial charge in [0.2, 0.25) is 0 Å². The number of nitrogens with one attached hydrogen (secondary N) is 1. The lowest BCUT2D eigenvalue weighted by atomic mass is 9.93. The Morgan fingerprint density at radius 3 is 2.67 bits per heavy atom. The van der Waals surface area contributed by atoms with Gasteiger partial charge in [-0.15, -0.1) is 0 Å². The van der Waals surface area contributed by atoms with Gasteiger partial charge in [-0.3, -0.25) is 9.88 Å². The number of nitrogens with zero attached hydrogens (tertiary/aromatic N) is 6. The Hall–Kier alpha value is -3.86. The van der Waals surface area contributed by atoms with Crippen molar-refractivity contribution in [2.75, 3.05) is 58.2 Å². The number of rotatable bonds is 7. The summed E-state index contributed by atoms with van der Waals surface area (Å²) in [5.41, 5.74) is 2.68. The first-order chi connectivity index (χ1) is 20.9. The highest BCUT2D eigenvalue weighted by Crippen LogP contribution is 2.30. The van der Waals surface area contributed by atoms with Crippen molar-refractivity contribution in [3.63, 3.8) is 0 Å². The molecule has 11 heteroatoms. The maximum Gasteiger partial charge on any atom is 0.415 e. The highest BCUT2D eigenvalue weighted by molar-refractivity contribution is 6.30. The summed E-state index contributed by atoms with van der Waals surface area (Å²) in [5, 5.41) is 12.7.